The van der Waals surface area contributed by atoms with E-state index in [1.807, 2.05) is 23.6 Å². The molecule has 0 bridgehead atoms. The number of hydrogen-bond donors (Lipinski definition) is 0. The second-order valence-corrected chi connectivity index (χ2v) is 6.20. The van der Waals surface area contributed by atoms with E-state index < -0.39 is 0 Å². The highest BCUT2D eigenvalue weighted by Gasteiger charge is 2.27. The van der Waals surface area contributed by atoms with Crippen molar-refractivity contribution in [1.82, 2.24) is 19.7 Å². The van der Waals surface area contributed by atoms with Gasteiger partial charge in [-0.05, 0) is 19.9 Å². The minimum absolute atomic E-state index is 0.0281. The van der Waals surface area contributed by atoms with E-state index in [0.717, 1.165) is 43.3 Å². The third-order valence-corrected chi connectivity index (χ3v) is 4.71. The average Bonchev–Trinajstić information content (AvgIpc) is 3.20. The number of fused-ring (bicyclic) bond motifs is 1. The van der Waals surface area contributed by atoms with Gasteiger partial charge in [-0.25, -0.2) is 0 Å². The minimum atomic E-state index is -0.0281. The molecule has 1 fully saturated rings. The Morgan fingerprint density at radius 3 is 3.04 bits per heavy atom. The molecule has 0 unspecified atom stereocenters. The zero-order valence-electron chi connectivity index (χ0n) is 14.1. The number of aromatic nitrogens is 3. The maximum Gasteiger partial charge on any atom is 0.163 e. The van der Waals surface area contributed by atoms with Crippen LogP contribution in [0.1, 0.15) is 30.2 Å². The van der Waals surface area contributed by atoms with Gasteiger partial charge in [-0.3, -0.25) is 4.90 Å². The Balaban J connectivity index is 1.55. The first kappa shape index (κ1) is 15.4. The first-order valence-corrected chi connectivity index (χ1v) is 8.45. The van der Waals surface area contributed by atoms with Gasteiger partial charge in [0.05, 0.1) is 6.61 Å². The Labute approximate surface area is 141 Å². The lowest BCUT2D eigenvalue weighted by molar-refractivity contribution is -0.0388. The van der Waals surface area contributed by atoms with E-state index in [9.17, 15) is 0 Å². The van der Waals surface area contributed by atoms with Gasteiger partial charge < -0.3 is 13.7 Å². The predicted octanol–water partition coefficient (Wildman–Crippen LogP) is 2.93. The van der Waals surface area contributed by atoms with Gasteiger partial charge in [0.15, 0.2) is 5.82 Å². The molecule has 1 aromatic carbocycles. The minimum Gasteiger partial charge on any atom is -0.461 e. The molecule has 1 saturated heterocycles. The Hall–Kier alpha value is -2.18. The van der Waals surface area contributed by atoms with Gasteiger partial charge in [-0.15, -0.1) is 10.2 Å². The maximum atomic E-state index is 5.94. The maximum absolute atomic E-state index is 5.94. The topological polar surface area (TPSA) is 56.3 Å². The summed E-state index contributed by atoms with van der Waals surface area (Å²) in [6.45, 7) is 8.29. The predicted molar refractivity (Wildman–Crippen MR) is 90.6 cm³/mol. The van der Waals surface area contributed by atoms with Crippen molar-refractivity contribution in [2.45, 2.75) is 33.0 Å². The van der Waals surface area contributed by atoms with Crippen LogP contribution in [0.15, 0.2) is 35.0 Å². The SMILES string of the molecule is CCn1cnnc1[C@H]1CN(Cc2c(C)oc3ccccc23)CCO1. The largest absolute Gasteiger partial charge is 0.461 e. The number of furan rings is 1. The van der Waals surface area contributed by atoms with Gasteiger partial charge in [-0.2, -0.15) is 0 Å². The fourth-order valence-corrected chi connectivity index (χ4v) is 3.40. The van der Waals surface area contributed by atoms with E-state index in [1.165, 1.54) is 10.9 Å². The van der Waals surface area contributed by atoms with E-state index in [2.05, 4.69) is 34.2 Å². The highest BCUT2D eigenvalue weighted by molar-refractivity contribution is 5.82. The molecular formula is C18H22N4O2. The van der Waals surface area contributed by atoms with Gasteiger partial charge in [0, 0.05) is 37.1 Å². The highest BCUT2D eigenvalue weighted by atomic mass is 16.5. The number of benzene rings is 1. The molecule has 0 aliphatic carbocycles. The van der Waals surface area contributed by atoms with Crippen LogP contribution in [0.25, 0.3) is 11.0 Å². The summed E-state index contributed by atoms with van der Waals surface area (Å²) < 4.78 is 13.9. The fourth-order valence-electron chi connectivity index (χ4n) is 3.40. The average molecular weight is 326 g/mol. The fraction of sp³-hybridized carbons (Fsp3) is 0.444. The number of para-hydroxylation sites is 1. The normalized spacial score (nSPS) is 19.2. The molecule has 3 heterocycles. The van der Waals surface area contributed by atoms with Crippen molar-refractivity contribution < 1.29 is 9.15 Å². The van der Waals surface area contributed by atoms with Crippen molar-refractivity contribution in [3.8, 4) is 0 Å². The van der Waals surface area contributed by atoms with E-state index >= 15 is 0 Å². The Morgan fingerprint density at radius 2 is 2.17 bits per heavy atom. The van der Waals surface area contributed by atoms with Crippen LogP contribution in [0.5, 0.6) is 0 Å². The van der Waals surface area contributed by atoms with Crippen LogP contribution in [0.4, 0.5) is 0 Å². The first-order valence-electron chi connectivity index (χ1n) is 8.45. The number of morpholine rings is 1. The molecule has 24 heavy (non-hydrogen) atoms. The number of rotatable bonds is 4. The standard InChI is InChI=1S/C18H22N4O2/c1-3-22-12-19-20-18(22)17-11-21(8-9-23-17)10-15-13(2)24-16-7-5-4-6-14(15)16/h4-7,12,17H,3,8-11H2,1-2H3/t17-/m1/s1. The molecule has 6 heteroatoms. The van der Waals surface area contributed by atoms with Crippen molar-refractivity contribution in [3.05, 3.63) is 47.7 Å². The van der Waals surface area contributed by atoms with E-state index in [1.54, 1.807) is 6.33 Å². The molecule has 1 aliphatic rings. The number of hydrogen-bond acceptors (Lipinski definition) is 5. The molecule has 0 amide bonds. The molecule has 1 atom stereocenters. The summed E-state index contributed by atoms with van der Waals surface area (Å²) in [6.07, 6.45) is 1.74. The number of aryl methyl sites for hydroxylation is 2. The molecule has 3 aromatic rings. The quantitative estimate of drug-likeness (QED) is 0.738. The molecule has 0 saturated carbocycles. The summed E-state index contributed by atoms with van der Waals surface area (Å²) in [5.41, 5.74) is 2.23. The van der Waals surface area contributed by atoms with Crippen molar-refractivity contribution in [2.24, 2.45) is 0 Å². The van der Waals surface area contributed by atoms with Crippen molar-refractivity contribution in [3.63, 3.8) is 0 Å². The Morgan fingerprint density at radius 1 is 1.29 bits per heavy atom. The molecule has 126 valence electrons. The molecule has 0 N–H and O–H groups in total. The number of ether oxygens (including phenoxy) is 1. The summed E-state index contributed by atoms with van der Waals surface area (Å²) in [4.78, 5) is 2.41. The van der Waals surface area contributed by atoms with Gasteiger partial charge in [0.2, 0.25) is 0 Å². The summed E-state index contributed by atoms with van der Waals surface area (Å²) in [7, 11) is 0. The third kappa shape index (κ3) is 2.72. The van der Waals surface area contributed by atoms with Crippen LogP contribution >= 0.6 is 0 Å². The van der Waals surface area contributed by atoms with Crippen molar-refractivity contribution in [1.29, 1.82) is 0 Å². The summed E-state index contributed by atoms with van der Waals surface area (Å²) in [5.74, 6) is 1.91. The molecule has 6 nitrogen and oxygen atoms in total. The van der Waals surface area contributed by atoms with E-state index in [0.29, 0.717) is 6.61 Å². The Bertz CT molecular complexity index is 839. The summed E-state index contributed by atoms with van der Waals surface area (Å²) >= 11 is 0. The first-order chi connectivity index (χ1) is 11.8. The number of nitrogens with zero attached hydrogens (tertiary/aromatic N) is 4. The highest BCUT2D eigenvalue weighted by Crippen LogP contribution is 2.28. The second-order valence-electron chi connectivity index (χ2n) is 6.20. The molecule has 0 radical (unpaired) electrons. The van der Waals surface area contributed by atoms with Crippen LogP contribution in [0.3, 0.4) is 0 Å². The van der Waals surface area contributed by atoms with E-state index in [-0.39, 0.29) is 6.10 Å². The van der Waals surface area contributed by atoms with Gasteiger partial charge in [0.1, 0.15) is 23.8 Å². The van der Waals surface area contributed by atoms with Gasteiger partial charge in [0.25, 0.3) is 0 Å². The molecular weight excluding hydrogens is 304 g/mol. The van der Waals surface area contributed by atoms with Crippen molar-refractivity contribution in [2.75, 3.05) is 19.7 Å². The van der Waals surface area contributed by atoms with Crippen molar-refractivity contribution >= 4 is 11.0 Å². The second kappa shape index (κ2) is 6.37. The van der Waals surface area contributed by atoms with Gasteiger partial charge in [-0.1, -0.05) is 18.2 Å². The Kier molecular flexibility index (Phi) is 4.08. The zero-order valence-corrected chi connectivity index (χ0v) is 14.1. The molecule has 2 aromatic heterocycles. The summed E-state index contributed by atoms with van der Waals surface area (Å²) in [6, 6.07) is 8.23. The van der Waals surface area contributed by atoms with Gasteiger partial charge >= 0.3 is 0 Å². The third-order valence-electron chi connectivity index (χ3n) is 4.71. The molecule has 1 aliphatic heterocycles. The van der Waals surface area contributed by atoms with E-state index in [4.69, 9.17) is 9.15 Å². The smallest absolute Gasteiger partial charge is 0.163 e. The van der Waals surface area contributed by atoms with Crippen LogP contribution < -0.4 is 0 Å². The van der Waals surface area contributed by atoms with Crippen LogP contribution in [0, 0.1) is 6.92 Å². The lowest BCUT2D eigenvalue weighted by Gasteiger charge is -2.32. The zero-order chi connectivity index (χ0) is 16.5. The van der Waals surface area contributed by atoms with Crippen LogP contribution in [0.2, 0.25) is 0 Å². The molecule has 0 spiro atoms. The lowest BCUT2D eigenvalue weighted by Crippen LogP contribution is -2.38. The lowest BCUT2D eigenvalue weighted by atomic mass is 10.1. The monoisotopic (exact) mass is 326 g/mol. The molecule has 4 rings (SSSR count). The van der Waals surface area contributed by atoms with Crippen LogP contribution in [-0.4, -0.2) is 39.4 Å². The summed E-state index contributed by atoms with van der Waals surface area (Å²) in [5, 5.41) is 9.48. The van der Waals surface area contributed by atoms with Crippen LogP contribution in [-0.2, 0) is 17.8 Å².